The summed E-state index contributed by atoms with van der Waals surface area (Å²) in [4.78, 5) is 21.0. The van der Waals surface area contributed by atoms with Crippen LogP contribution in [-0.4, -0.2) is 43.6 Å². The van der Waals surface area contributed by atoms with E-state index in [-0.39, 0.29) is 5.91 Å². The van der Waals surface area contributed by atoms with Crippen LogP contribution in [0, 0.1) is 6.92 Å². The number of anilines is 2. The van der Waals surface area contributed by atoms with Crippen LogP contribution < -0.4 is 15.1 Å². The van der Waals surface area contributed by atoms with Crippen LogP contribution in [0.4, 0.5) is 11.4 Å². The van der Waals surface area contributed by atoms with Gasteiger partial charge in [0.05, 0.1) is 36.4 Å². The predicted octanol–water partition coefficient (Wildman–Crippen LogP) is 3.62. The van der Waals surface area contributed by atoms with Gasteiger partial charge in [0.1, 0.15) is 5.01 Å². The molecule has 0 saturated carbocycles. The number of carbonyl (C=O) groups excluding carboxylic acids is 1. The van der Waals surface area contributed by atoms with E-state index in [0.29, 0.717) is 6.54 Å². The molecule has 0 atom stereocenters. The van der Waals surface area contributed by atoms with Crippen molar-refractivity contribution >= 4 is 38.8 Å². The fraction of sp³-hybridized carbons (Fsp3) is 0.231. The third-order valence-corrected chi connectivity index (χ3v) is 7.03. The molecule has 0 radical (unpaired) electrons. The number of nitrogens with zero attached hydrogens (tertiary/aromatic N) is 2. The van der Waals surface area contributed by atoms with Crippen LogP contribution in [-0.2, 0) is 4.79 Å². The lowest BCUT2D eigenvalue weighted by molar-refractivity contribution is -0.892. The second-order valence-electron chi connectivity index (χ2n) is 8.37. The number of aryl methyl sites for hydroxylation is 1. The van der Waals surface area contributed by atoms with Crippen molar-refractivity contribution in [3.05, 3.63) is 78.4 Å². The van der Waals surface area contributed by atoms with Crippen LogP contribution in [0.2, 0.25) is 0 Å². The van der Waals surface area contributed by atoms with E-state index in [2.05, 4.69) is 59.6 Å². The normalized spacial score (nSPS) is 14.6. The molecule has 0 spiro atoms. The van der Waals surface area contributed by atoms with Crippen molar-refractivity contribution < 1.29 is 9.69 Å². The summed E-state index contributed by atoms with van der Waals surface area (Å²) in [5.41, 5.74) is 5.44. The number of quaternary nitrogens is 1. The number of rotatable bonds is 5. The molecule has 0 unspecified atom stereocenters. The molecule has 2 N–H and O–H groups in total. The van der Waals surface area contributed by atoms with Gasteiger partial charge in [-0.15, -0.1) is 11.3 Å². The van der Waals surface area contributed by atoms with Gasteiger partial charge >= 0.3 is 0 Å². The summed E-state index contributed by atoms with van der Waals surface area (Å²) in [7, 11) is 0. The highest BCUT2D eigenvalue weighted by Gasteiger charge is 2.22. The van der Waals surface area contributed by atoms with Crippen molar-refractivity contribution in [3.8, 4) is 10.6 Å². The Bertz CT molecular complexity index is 1210. The first kappa shape index (κ1) is 20.7. The third kappa shape index (κ3) is 4.66. The standard InChI is InChI=1S/C26H26N4OS/c1-19-7-12-23-24(17-19)32-26(28-23)20-8-10-21(11-9-20)27-25(31)18-29-13-15-30(16-14-29)22-5-3-2-4-6-22/h2-12,17H,13-16,18H2,1H3,(H,27,31)/p+1. The molecule has 0 bridgehead atoms. The summed E-state index contributed by atoms with van der Waals surface area (Å²) in [5.74, 6) is 0.0661. The van der Waals surface area contributed by atoms with E-state index in [1.165, 1.54) is 20.9 Å². The number of hydrogen-bond acceptors (Lipinski definition) is 4. The Hall–Kier alpha value is -3.22. The molecule has 6 heteroatoms. The van der Waals surface area contributed by atoms with Crippen molar-refractivity contribution in [2.24, 2.45) is 0 Å². The second kappa shape index (κ2) is 9.10. The Balaban J connectivity index is 1.15. The minimum atomic E-state index is 0.0661. The second-order valence-corrected chi connectivity index (χ2v) is 9.40. The van der Waals surface area contributed by atoms with Gasteiger partial charge < -0.3 is 15.1 Å². The molecule has 4 aromatic rings. The first-order valence-corrected chi connectivity index (χ1v) is 11.9. The van der Waals surface area contributed by atoms with Crippen LogP contribution in [0.25, 0.3) is 20.8 Å². The number of benzene rings is 3. The highest BCUT2D eigenvalue weighted by molar-refractivity contribution is 7.21. The van der Waals surface area contributed by atoms with E-state index in [0.717, 1.165) is 48.0 Å². The van der Waals surface area contributed by atoms with Crippen LogP contribution in [0.1, 0.15) is 5.56 Å². The summed E-state index contributed by atoms with van der Waals surface area (Å²) in [6, 6.07) is 24.8. The molecule has 1 saturated heterocycles. The predicted molar refractivity (Wildman–Crippen MR) is 133 cm³/mol. The van der Waals surface area contributed by atoms with Crippen molar-refractivity contribution in [3.63, 3.8) is 0 Å². The fourth-order valence-electron chi connectivity index (χ4n) is 4.18. The largest absolute Gasteiger partial charge is 0.360 e. The highest BCUT2D eigenvalue weighted by Crippen LogP contribution is 2.31. The minimum absolute atomic E-state index is 0.0661. The maximum atomic E-state index is 12.6. The van der Waals surface area contributed by atoms with E-state index >= 15 is 0 Å². The zero-order valence-electron chi connectivity index (χ0n) is 18.2. The maximum absolute atomic E-state index is 12.6. The molecular formula is C26H27N4OS+. The van der Waals surface area contributed by atoms with E-state index in [4.69, 9.17) is 4.98 Å². The quantitative estimate of drug-likeness (QED) is 0.495. The lowest BCUT2D eigenvalue weighted by atomic mass is 10.2. The zero-order valence-corrected chi connectivity index (χ0v) is 19.0. The number of piperazine rings is 1. The number of thiazole rings is 1. The van der Waals surface area contributed by atoms with Gasteiger partial charge in [0.2, 0.25) is 0 Å². The molecule has 0 aliphatic carbocycles. The molecule has 1 amide bonds. The average molecular weight is 444 g/mol. The molecule has 1 aromatic heterocycles. The number of para-hydroxylation sites is 1. The monoisotopic (exact) mass is 443 g/mol. The lowest BCUT2D eigenvalue weighted by Crippen LogP contribution is -3.15. The molecular weight excluding hydrogens is 416 g/mol. The number of carbonyl (C=O) groups is 1. The summed E-state index contributed by atoms with van der Waals surface area (Å²) in [6.45, 7) is 6.49. The van der Waals surface area contributed by atoms with Gasteiger partial charge in [-0.25, -0.2) is 4.98 Å². The third-order valence-electron chi connectivity index (χ3n) is 5.96. The summed E-state index contributed by atoms with van der Waals surface area (Å²) < 4.78 is 1.20. The molecule has 1 fully saturated rings. The molecule has 32 heavy (non-hydrogen) atoms. The lowest BCUT2D eigenvalue weighted by Gasteiger charge is -2.33. The van der Waals surface area contributed by atoms with Gasteiger partial charge in [-0.2, -0.15) is 0 Å². The Kier molecular flexibility index (Phi) is 5.88. The Labute approximate surface area is 192 Å². The van der Waals surface area contributed by atoms with E-state index in [9.17, 15) is 4.79 Å². The number of fused-ring (bicyclic) bond motifs is 1. The van der Waals surface area contributed by atoms with Gasteiger partial charge in [-0.05, 0) is 61.0 Å². The van der Waals surface area contributed by atoms with Gasteiger partial charge in [-0.1, -0.05) is 24.3 Å². The van der Waals surface area contributed by atoms with Crippen molar-refractivity contribution in [1.82, 2.24) is 4.98 Å². The van der Waals surface area contributed by atoms with Crippen LogP contribution in [0.15, 0.2) is 72.8 Å². The molecule has 5 nitrogen and oxygen atoms in total. The summed E-state index contributed by atoms with van der Waals surface area (Å²) in [5, 5.41) is 4.06. The van der Waals surface area contributed by atoms with E-state index in [1.54, 1.807) is 11.3 Å². The Morgan fingerprint density at radius 2 is 1.78 bits per heavy atom. The molecule has 2 heterocycles. The fourth-order valence-corrected chi connectivity index (χ4v) is 5.25. The number of aromatic nitrogens is 1. The average Bonchev–Trinajstić information content (AvgIpc) is 3.24. The molecule has 162 valence electrons. The topological polar surface area (TPSA) is 49.7 Å². The number of nitrogens with one attached hydrogen (secondary N) is 2. The molecule has 1 aliphatic heterocycles. The van der Waals surface area contributed by atoms with Crippen molar-refractivity contribution in [2.45, 2.75) is 6.92 Å². The van der Waals surface area contributed by atoms with Gasteiger partial charge in [-0.3, -0.25) is 4.79 Å². The zero-order chi connectivity index (χ0) is 21.9. The minimum Gasteiger partial charge on any atom is -0.360 e. The molecule has 3 aromatic carbocycles. The first-order valence-electron chi connectivity index (χ1n) is 11.0. The van der Waals surface area contributed by atoms with Gasteiger partial charge in [0.25, 0.3) is 5.91 Å². The number of hydrogen-bond donors (Lipinski definition) is 2. The highest BCUT2D eigenvalue weighted by atomic mass is 32.1. The van der Waals surface area contributed by atoms with Crippen molar-refractivity contribution in [2.75, 3.05) is 42.9 Å². The summed E-state index contributed by atoms with van der Waals surface area (Å²) in [6.07, 6.45) is 0. The van der Waals surface area contributed by atoms with E-state index < -0.39 is 0 Å². The number of amides is 1. The first-order chi connectivity index (χ1) is 15.6. The maximum Gasteiger partial charge on any atom is 0.279 e. The van der Waals surface area contributed by atoms with Crippen LogP contribution in [0.3, 0.4) is 0 Å². The van der Waals surface area contributed by atoms with Crippen LogP contribution in [0.5, 0.6) is 0 Å². The van der Waals surface area contributed by atoms with Gasteiger partial charge in [0, 0.05) is 16.9 Å². The molecule has 1 aliphatic rings. The smallest absolute Gasteiger partial charge is 0.279 e. The van der Waals surface area contributed by atoms with Crippen LogP contribution >= 0.6 is 11.3 Å². The molecule has 5 rings (SSSR count). The summed E-state index contributed by atoms with van der Waals surface area (Å²) >= 11 is 1.70. The van der Waals surface area contributed by atoms with Crippen molar-refractivity contribution in [1.29, 1.82) is 0 Å². The Morgan fingerprint density at radius 1 is 1.03 bits per heavy atom. The van der Waals surface area contributed by atoms with E-state index in [1.807, 2.05) is 30.3 Å². The SMILES string of the molecule is Cc1ccc2nc(-c3ccc(NC(=O)C[NH+]4CCN(c5ccccc5)CC4)cc3)sc2c1. The Morgan fingerprint density at radius 3 is 2.53 bits per heavy atom. The van der Waals surface area contributed by atoms with Gasteiger partial charge in [0.15, 0.2) is 6.54 Å².